The van der Waals surface area contributed by atoms with Crippen LogP contribution in [-0.4, -0.2) is 53.1 Å². The lowest BCUT2D eigenvalue weighted by Crippen LogP contribution is -2.44. The molecule has 0 aliphatic carbocycles. The van der Waals surface area contributed by atoms with E-state index in [9.17, 15) is 5.11 Å². The number of likely N-dealkylation sites (N-methyl/N-ethyl adjacent to an activating group) is 2. The summed E-state index contributed by atoms with van der Waals surface area (Å²) in [7, 11) is 4.33. The van der Waals surface area contributed by atoms with E-state index in [0.717, 1.165) is 18.8 Å². The molecule has 4 nitrogen and oxygen atoms in total. The topological polar surface area (TPSA) is 39.6 Å². The predicted octanol–water partition coefficient (Wildman–Crippen LogP) is 1.31. The zero-order chi connectivity index (χ0) is 12.3. The standard InChI is InChI=1S/C13H21N3O/c1-15-7-3-4-12(10-15)16(2)9-11-5-6-13(17)8-14-11/h5-6,8,12,17H,3-4,7,9-10H2,1-2H3. The van der Waals surface area contributed by atoms with Gasteiger partial charge in [-0.05, 0) is 45.6 Å². The molecule has 0 amide bonds. The third-order valence-corrected chi connectivity index (χ3v) is 3.44. The molecule has 0 bridgehead atoms. The molecule has 2 heterocycles. The Hall–Kier alpha value is -1.13. The molecular weight excluding hydrogens is 214 g/mol. The summed E-state index contributed by atoms with van der Waals surface area (Å²) >= 11 is 0. The van der Waals surface area contributed by atoms with Crippen LogP contribution in [-0.2, 0) is 6.54 Å². The highest BCUT2D eigenvalue weighted by atomic mass is 16.3. The van der Waals surface area contributed by atoms with Crippen LogP contribution in [0.4, 0.5) is 0 Å². The number of aromatic hydroxyl groups is 1. The summed E-state index contributed by atoms with van der Waals surface area (Å²) in [6.45, 7) is 3.19. The molecule has 17 heavy (non-hydrogen) atoms. The average Bonchev–Trinajstić information content (AvgIpc) is 2.32. The second kappa shape index (κ2) is 5.47. The van der Waals surface area contributed by atoms with E-state index in [1.807, 2.05) is 6.07 Å². The maximum Gasteiger partial charge on any atom is 0.133 e. The molecule has 1 unspecified atom stereocenters. The van der Waals surface area contributed by atoms with Gasteiger partial charge in [-0.25, -0.2) is 0 Å². The monoisotopic (exact) mass is 235 g/mol. The van der Waals surface area contributed by atoms with Crippen molar-refractivity contribution in [3.05, 3.63) is 24.0 Å². The number of pyridine rings is 1. The first kappa shape index (κ1) is 12.3. The summed E-state index contributed by atoms with van der Waals surface area (Å²) in [4.78, 5) is 8.97. The van der Waals surface area contributed by atoms with E-state index in [1.54, 1.807) is 6.07 Å². The van der Waals surface area contributed by atoms with Crippen molar-refractivity contribution in [3.63, 3.8) is 0 Å². The quantitative estimate of drug-likeness (QED) is 0.857. The minimum atomic E-state index is 0.230. The molecule has 1 saturated heterocycles. The van der Waals surface area contributed by atoms with Gasteiger partial charge in [0.05, 0.1) is 11.9 Å². The van der Waals surface area contributed by atoms with Gasteiger partial charge in [-0.15, -0.1) is 0 Å². The van der Waals surface area contributed by atoms with Crippen molar-refractivity contribution in [2.75, 3.05) is 27.2 Å². The van der Waals surface area contributed by atoms with Gasteiger partial charge in [0.2, 0.25) is 0 Å². The zero-order valence-corrected chi connectivity index (χ0v) is 10.6. The summed E-state index contributed by atoms with van der Waals surface area (Å²) in [5, 5.41) is 9.19. The Morgan fingerprint density at radius 2 is 2.35 bits per heavy atom. The number of rotatable bonds is 3. The molecule has 0 radical (unpaired) electrons. The van der Waals surface area contributed by atoms with Crippen LogP contribution in [0.2, 0.25) is 0 Å². The molecule has 0 saturated carbocycles. The number of piperidine rings is 1. The molecule has 1 aliphatic rings. The smallest absolute Gasteiger partial charge is 0.133 e. The van der Waals surface area contributed by atoms with Crippen molar-refractivity contribution >= 4 is 0 Å². The fourth-order valence-electron chi connectivity index (χ4n) is 2.39. The summed E-state index contributed by atoms with van der Waals surface area (Å²) < 4.78 is 0. The number of nitrogens with zero attached hydrogens (tertiary/aromatic N) is 3. The number of hydrogen-bond acceptors (Lipinski definition) is 4. The van der Waals surface area contributed by atoms with Gasteiger partial charge in [-0.2, -0.15) is 0 Å². The Morgan fingerprint density at radius 3 is 3.00 bits per heavy atom. The molecule has 1 fully saturated rings. The SMILES string of the molecule is CN1CCCC(N(C)Cc2ccc(O)cn2)C1. The van der Waals surface area contributed by atoms with E-state index in [4.69, 9.17) is 0 Å². The van der Waals surface area contributed by atoms with Gasteiger partial charge >= 0.3 is 0 Å². The van der Waals surface area contributed by atoms with Crippen molar-refractivity contribution in [1.82, 2.24) is 14.8 Å². The van der Waals surface area contributed by atoms with Gasteiger partial charge in [0, 0.05) is 19.1 Å². The highest BCUT2D eigenvalue weighted by Gasteiger charge is 2.21. The summed E-state index contributed by atoms with van der Waals surface area (Å²) in [5.41, 5.74) is 1.01. The van der Waals surface area contributed by atoms with Gasteiger partial charge in [-0.3, -0.25) is 9.88 Å². The second-order valence-corrected chi connectivity index (χ2v) is 4.98. The predicted molar refractivity (Wildman–Crippen MR) is 67.9 cm³/mol. The van der Waals surface area contributed by atoms with E-state index >= 15 is 0 Å². The first-order chi connectivity index (χ1) is 8.15. The fourth-order valence-corrected chi connectivity index (χ4v) is 2.39. The average molecular weight is 235 g/mol. The van der Waals surface area contributed by atoms with Crippen molar-refractivity contribution in [2.45, 2.75) is 25.4 Å². The molecule has 4 heteroatoms. The number of aromatic nitrogens is 1. The van der Waals surface area contributed by atoms with Gasteiger partial charge in [0.25, 0.3) is 0 Å². The van der Waals surface area contributed by atoms with Gasteiger partial charge in [-0.1, -0.05) is 0 Å². The van der Waals surface area contributed by atoms with Crippen molar-refractivity contribution in [2.24, 2.45) is 0 Å². The fraction of sp³-hybridized carbons (Fsp3) is 0.615. The number of likely N-dealkylation sites (tertiary alicyclic amines) is 1. The van der Waals surface area contributed by atoms with Crippen LogP contribution in [0.5, 0.6) is 5.75 Å². The molecule has 2 rings (SSSR count). The molecule has 94 valence electrons. The number of hydrogen-bond donors (Lipinski definition) is 1. The van der Waals surface area contributed by atoms with E-state index in [-0.39, 0.29) is 5.75 Å². The summed E-state index contributed by atoms with van der Waals surface area (Å²) in [6.07, 6.45) is 4.05. The maximum absolute atomic E-state index is 9.19. The molecule has 1 aromatic rings. The zero-order valence-electron chi connectivity index (χ0n) is 10.6. The van der Waals surface area contributed by atoms with Crippen LogP contribution in [0.1, 0.15) is 18.5 Å². The Kier molecular flexibility index (Phi) is 3.97. The van der Waals surface area contributed by atoms with Gasteiger partial charge in [0.15, 0.2) is 0 Å². The maximum atomic E-state index is 9.19. The van der Waals surface area contributed by atoms with E-state index in [0.29, 0.717) is 6.04 Å². The molecule has 1 N–H and O–H groups in total. The molecule has 0 aromatic carbocycles. The Balaban J connectivity index is 1.91. The van der Waals surface area contributed by atoms with E-state index in [2.05, 4.69) is 28.9 Å². The van der Waals surface area contributed by atoms with Crippen LogP contribution in [0.3, 0.4) is 0 Å². The lowest BCUT2D eigenvalue weighted by atomic mass is 10.0. The van der Waals surface area contributed by atoms with Gasteiger partial charge < -0.3 is 10.0 Å². The van der Waals surface area contributed by atoms with Crippen LogP contribution in [0.25, 0.3) is 0 Å². The molecule has 1 atom stereocenters. The van der Waals surface area contributed by atoms with Crippen LogP contribution in [0.15, 0.2) is 18.3 Å². The van der Waals surface area contributed by atoms with Crippen molar-refractivity contribution in [3.8, 4) is 5.75 Å². The first-order valence-corrected chi connectivity index (χ1v) is 6.18. The molecule has 1 aromatic heterocycles. The highest BCUT2D eigenvalue weighted by Crippen LogP contribution is 2.15. The van der Waals surface area contributed by atoms with Crippen molar-refractivity contribution in [1.29, 1.82) is 0 Å². The van der Waals surface area contributed by atoms with Crippen LogP contribution in [0, 0.1) is 0 Å². The minimum Gasteiger partial charge on any atom is -0.506 e. The van der Waals surface area contributed by atoms with Crippen LogP contribution < -0.4 is 0 Å². The molecule has 1 aliphatic heterocycles. The first-order valence-electron chi connectivity index (χ1n) is 6.18. The normalized spacial score (nSPS) is 21.9. The molecular formula is C13H21N3O. The third-order valence-electron chi connectivity index (χ3n) is 3.44. The lowest BCUT2D eigenvalue weighted by Gasteiger charge is -2.35. The second-order valence-electron chi connectivity index (χ2n) is 4.98. The summed E-state index contributed by atoms with van der Waals surface area (Å²) in [6, 6.07) is 4.20. The van der Waals surface area contributed by atoms with Gasteiger partial charge in [0.1, 0.15) is 5.75 Å². The largest absolute Gasteiger partial charge is 0.506 e. The highest BCUT2D eigenvalue weighted by molar-refractivity contribution is 5.17. The summed E-state index contributed by atoms with van der Waals surface area (Å²) in [5.74, 6) is 0.230. The van der Waals surface area contributed by atoms with Crippen LogP contribution >= 0.6 is 0 Å². The lowest BCUT2D eigenvalue weighted by molar-refractivity contribution is 0.128. The van der Waals surface area contributed by atoms with E-state index in [1.165, 1.54) is 25.6 Å². The van der Waals surface area contributed by atoms with Crippen molar-refractivity contribution < 1.29 is 5.11 Å². The Labute approximate surface area is 103 Å². The molecule has 0 spiro atoms. The Bertz CT molecular complexity index is 352. The minimum absolute atomic E-state index is 0.230. The Morgan fingerprint density at radius 1 is 1.53 bits per heavy atom. The van der Waals surface area contributed by atoms with E-state index < -0.39 is 0 Å². The third kappa shape index (κ3) is 3.41.